The van der Waals surface area contributed by atoms with E-state index in [1.165, 1.54) is 64.3 Å². The van der Waals surface area contributed by atoms with Crippen LogP contribution in [-0.2, 0) is 13.0 Å². The normalized spacial score (nSPS) is 16.9. The topological polar surface area (TPSA) is 29.3 Å². The SMILES string of the molecule is CCCCCCCCCC(CN)N1CCc2sccc2C1. The van der Waals surface area contributed by atoms with Gasteiger partial charge in [0.1, 0.15) is 0 Å². The number of nitrogens with two attached hydrogens (primary N) is 1. The lowest BCUT2D eigenvalue weighted by Crippen LogP contribution is -2.43. The molecule has 0 radical (unpaired) electrons. The van der Waals surface area contributed by atoms with E-state index in [4.69, 9.17) is 5.73 Å². The summed E-state index contributed by atoms with van der Waals surface area (Å²) in [6.45, 7) is 5.42. The van der Waals surface area contributed by atoms with Crippen LogP contribution in [0.3, 0.4) is 0 Å². The molecule has 0 bridgehead atoms. The lowest BCUT2D eigenvalue weighted by Gasteiger charge is -2.34. The van der Waals surface area contributed by atoms with E-state index in [1.54, 1.807) is 10.4 Å². The van der Waals surface area contributed by atoms with Gasteiger partial charge in [0.15, 0.2) is 0 Å². The Morgan fingerprint density at radius 1 is 1.19 bits per heavy atom. The Morgan fingerprint density at radius 2 is 1.95 bits per heavy atom. The Bertz CT molecular complexity index is 388. The molecule has 2 N–H and O–H groups in total. The molecule has 0 aliphatic carbocycles. The number of fused-ring (bicyclic) bond motifs is 1. The van der Waals surface area contributed by atoms with Crippen molar-refractivity contribution >= 4 is 11.3 Å². The monoisotopic (exact) mass is 308 g/mol. The third-order valence-electron chi connectivity index (χ3n) is 4.77. The summed E-state index contributed by atoms with van der Waals surface area (Å²) in [5.41, 5.74) is 7.59. The molecule has 1 unspecified atom stereocenters. The van der Waals surface area contributed by atoms with Crippen LogP contribution in [0.5, 0.6) is 0 Å². The van der Waals surface area contributed by atoms with Gasteiger partial charge in [0.05, 0.1) is 0 Å². The molecule has 0 saturated heterocycles. The minimum absolute atomic E-state index is 0.591. The van der Waals surface area contributed by atoms with Crippen molar-refractivity contribution in [3.05, 3.63) is 21.9 Å². The lowest BCUT2D eigenvalue weighted by molar-refractivity contribution is 0.172. The summed E-state index contributed by atoms with van der Waals surface area (Å²) in [7, 11) is 0. The third-order valence-corrected chi connectivity index (χ3v) is 5.79. The van der Waals surface area contributed by atoms with E-state index in [9.17, 15) is 0 Å². The van der Waals surface area contributed by atoms with E-state index in [-0.39, 0.29) is 0 Å². The number of hydrogen-bond acceptors (Lipinski definition) is 3. The molecule has 2 nitrogen and oxygen atoms in total. The van der Waals surface area contributed by atoms with Crippen molar-refractivity contribution in [3.63, 3.8) is 0 Å². The minimum atomic E-state index is 0.591. The average molecular weight is 309 g/mol. The van der Waals surface area contributed by atoms with E-state index >= 15 is 0 Å². The average Bonchev–Trinajstić information content (AvgIpc) is 2.97. The van der Waals surface area contributed by atoms with Crippen LogP contribution in [0.15, 0.2) is 11.4 Å². The smallest absolute Gasteiger partial charge is 0.0248 e. The minimum Gasteiger partial charge on any atom is -0.329 e. The summed E-state index contributed by atoms with van der Waals surface area (Å²) in [6.07, 6.45) is 12.2. The van der Waals surface area contributed by atoms with Crippen molar-refractivity contribution in [1.82, 2.24) is 4.90 Å². The molecule has 0 saturated carbocycles. The second-order valence-electron chi connectivity index (χ2n) is 6.39. The van der Waals surface area contributed by atoms with Crippen LogP contribution < -0.4 is 5.73 Å². The Hall–Kier alpha value is -0.380. The maximum atomic E-state index is 6.04. The van der Waals surface area contributed by atoms with Gasteiger partial charge in [0.25, 0.3) is 0 Å². The fourth-order valence-corrected chi connectivity index (χ4v) is 4.26. The summed E-state index contributed by atoms with van der Waals surface area (Å²) < 4.78 is 0. The first-order valence-electron chi connectivity index (χ1n) is 8.84. The number of thiophene rings is 1. The molecular weight excluding hydrogens is 276 g/mol. The molecule has 1 aromatic rings. The summed E-state index contributed by atoms with van der Waals surface area (Å²) >= 11 is 1.92. The van der Waals surface area contributed by atoms with Crippen LogP contribution in [0.1, 0.15) is 68.7 Å². The van der Waals surface area contributed by atoms with Crippen LogP contribution in [0.4, 0.5) is 0 Å². The number of nitrogens with zero attached hydrogens (tertiary/aromatic N) is 1. The molecule has 3 heteroatoms. The highest BCUT2D eigenvalue weighted by Crippen LogP contribution is 2.26. The molecule has 1 aliphatic heterocycles. The Balaban J connectivity index is 1.64. The quantitative estimate of drug-likeness (QED) is 0.641. The molecule has 1 aliphatic rings. The van der Waals surface area contributed by atoms with Crippen molar-refractivity contribution in [1.29, 1.82) is 0 Å². The molecule has 1 aromatic heterocycles. The van der Waals surface area contributed by atoms with Crippen LogP contribution in [0, 0.1) is 0 Å². The number of rotatable bonds is 10. The highest BCUT2D eigenvalue weighted by atomic mass is 32.1. The van der Waals surface area contributed by atoms with Gasteiger partial charge in [-0.2, -0.15) is 0 Å². The highest BCUT2D eigenvalue weighted by Gasteiger charge is 2.22. The Labute approximate surface area is 134 Å². The van der Waals surface area contributed by atoms with E-state index < -0.39 is 0 Å². The van der Waals surface area contributed by atoms with Crippen LogP contribution in [0.2, 0.25) is 0 Å². The van der Waals surface area contributed by atoms with Gasteiger partial charge < -0.3 is 5.73 Å². The Kier molecular flexibility index (Phi) is 7.76. The second-order valence-corrected chi connectivity index (χ2v) is 7.39. The van der Waals surface area contributed by atoms with E-state index in [2.05, 4.69) is 23.3 Å². The predicted molar refractivity (Wildman–Crippen MR) is 93.9 cm³/mol. The maximum Gasteiger partial charge on any atom is 0.0248 e. The summed E-state index contributed by atoms with van der Waals surface area (Å²) in [4.78, 5) is 4.21. The molecule has 0 fully saturated rings. The fourth-order valence-electron chi connectivity index (χ4n) is 3.37. The largest absolute Gasteiger partial charge is 0.329 e. The zero-order valence-corrected chi connectivity index (χ0v) is 14.5. The zero-order chi connectivity index (χ0) is 14.9. The molecule has 21 heavy (non-hydrogen) atoms. The van der Waals surface area contributed by atoms with E-state index in [0.29, 0.717) is 6.04 Å². The van der Waals surface area contributed by atoms with Gasteiger partial charge in [-0.05, 0) is 29.9 Å². The Morgan fingerprint density at radius 3 is 2.71 bits per heavy atom. The third kappa shape index (κ3) is 5.39. The predicted octanol–water partition coefficient (Wildman–Crippen LogP) is 4.57. The number of hydrogen-bond donors (Lipinski definition) is 1. The van der Waals surface area contributed by atoms with Gasteiger partial charge in [0.2, 0.25) is 0 Å². The molecule has 1 atom stereocenters. The van der Waals surface area contributed by atoms with Crippen LogP contribution in [0.25, 0.3) is 0 Å². The van der Waals surface area contributed by atoms with Crippen molar-refractivity contribution in [2.45, 2.75) is 77.3 Å². The molecule has 0 aromatic carbocycles. The van der Waals surface area contributed by atoms with Crippen LogP contribution in [-0.4, -0.2) is 24.0 Å². The second kappa shape index (κ2) is 9.60. The summed E-state index contributed by atoms with van der Waals surface area (Å²) in [5, 5.41) is 2.24. The van der Waals surface area contributed by atoms with Gasteiger partial charge in [-0.25, -0.2) is 0 Å². The molecule has 0 spiro atoms. The molecular formula is C18H32N2S. The van der Waals surface area contributed by atoms with Gasteiger partial charge in [-0.15, -0.1) is 11.3 Å². The molecule has 2 rings (SSSR count). The number of unbranched alkanes of at least 4 members (excludes halogenated alkanes) is 6. The van der Waals surface area contributed by atoms with Gasteiger partial charge in [-0.3, -0.25) is 4.90 Å². The molecule has 0 amide bonds. The first-order valence-corrected chi connectivity index (χ1v) is 9.72. The van der Waals surface area contributed by atoms with Gasteiger partial charge >= 0.3 is 0 Å². The van der Waals surface area contributed by atoms with Crippen molar-refractivity contribution < 1.29 is 0 Å². The van der Waals surface area contributed by atoms with Gasteiger partial charge in [0, 0.05) is 30.6 Å². The van der Waals surface area contributed by atoms with Crippen molar-refractivity contribution in [2.24, 2.45) is 5.73 Å². The zero-order valence-electron chi connectivity index (χ0n) is 13.7. The lowest BCUT2D eigenvalue weighted by atomic mass is 10.0. The fraction of sp³-hybridized carbons (Fsp3) is 0.778. The summed E-state index contributed by atoms with van der Waals surface area (Å²) in [5.74, 6) is 0. The van der Waals surface area contributed by atoms with E-state index in [1.807, 2.05) is 11.3 Å². The van der Waals surface area contributed by atoms with Crippen molar-refractivity contribution in [3.8, 4) is 0 Å². The molecule has 120 valence electrons. The van der Waals surface area contributed by atoms with Crippen LogP contribution >= 0.6 is 11.3 Å². The van der Waals surface area contributed by atoms with Crippen molar-refractivity contribution in [2.75, 3.05) is 13.1 Å². The highest BCUT2D eigenvalue weighted by molar-refractivity contribution is 7.10. The molecule has 2 heterocycles. The maximum absolute atomic E-state index is 6.04. The first kappa shape index (κ1) is 17.0. The standard InChI is InChI=1S/C18H32N2S/c1-2-3-4-5-6-7-8-9-17(14-19)20-12-10-18-16(15-20)11-13-21-18/h11,13,17H,2-10,12,14-15,19H2,1H3. The first-order chi connectivity index (χ1) is 10.3. The van der Waals surface area contributed by atoms with Gasteiger partial charge in [-0.1, -0.05) is 51.9 Å². The summed E-state index contributed by atoms with van der Waals surface area (Å²) in [6, 6.07) is 2.89. The van der Waals surface area contributed by atoms with E-state index in [0.717, 1.165) is 13.1 Å².